The van der Waals surface area contributed by atoms with Crippen LogP contribution in [0.15, 0.2) is 24.5 Å². The maximum Gasteiger partial charge on any atom is 0.0469 e. The molecule has 1 saturated heterocycles. The van der Waals surface area contributed by atoms with Crippen molar-refractivity contribution in [3.8, 4) is 0 Å². The second-order valence-electron chi connectivity index (χ2n) is 4.47. The first-order valence-electron chi connectivity index (χ1n) is 6.07. The van der Waals surface area contributed by atoms with Crippen LogP contribution in [-0.2, 0) is 4.74 Å². The first-order chi connectivity index (χ1) is 7.86. The molecule has 0 unspecified atom stereocenters. The molecule has 1 N–H and O–H groups in total. The Morgan fingerprint density at radius 2 is 2.06 bits per heavy atom. The molecule has 1 aromatic heterocycles. The minimum Gasteiger partial charge on any atom is -0.381 e. The zero-order valence-electron chi connectivity index (χ0n) is 9.86. The standard InChI is InChI=1S/C13H20N2O/c1-11(13-2-6-14-7-3-13)15-10-12-4-8-16-9-5-12/h2-3,6-7,11-12,15H,4-5,8-10H2,1H3/t11-/m1/s1. The molecular weight excluding hydrogens is 200 g/mol. The van der Waals surface area contributed by atoms with E-state index in [1.165, 1.54) is 18.4 Å². The van der Waals surface area contributed by atoms with Crippen molar-refractivity contribution in [1.82, 2.24) is 10.3 Å². The molecule has 0 amide bonds. The van der Waals surface area contributed by atoms with Gasteiger partial charge in [0, 0.05) is 31.6 Å². The molecule has 1 aromatic rings. The molecule has 0 bridgehead atoms. The van der Waals surface area contributed by atoms with E-state index in [4.69, 9.17) is 4.74 Å². The Hall–Kier alpha value is -0.930. The van der Waals surface area contributed by atoms with Crippen molar-refractivity contribution in [3.63, 3.8) is 0 Å². The lowest BCUT2D eigenvalue weighted by Gasteiger charge is -2.24. The van der Waals surface area contributed by atoms with Gasteiger partial charge in [0.05, 0.1) is 0 Å². The molecule has 1 aliphatic heterocycles. The van der Waals surface area contributed by atoms with E-state index in [9.17, 15) is 0 Å². The summed E-state index contributed by atoms with van der Waals surface area (Å²) in [5.74, 6) is 0.776. The molecule has 1 atom stereocenters. The zero-order valence-corrected chi connectivity index (χ0v) is 9.86. The zero-order chi connectivity index (χ0) is 11.2. The molecule has 1 fully saturated rings. The highest BCUT2D eigenvalue weighted by atomic mass is 16.5. The molecule has 88 valence electrons. The van der Waals surface area contributed by atoms with Crippen LogP contribution in [0, 0.1) is 5.92 Å². The van der Waals surface area contributed by atoms with E-state index < -0.39 is 0 Å². The van der Waals surface area contributed by atoms with Crippen molar-refractivity contribution < 1.29 is 4.74 Å². The van der Waals surface area contributed by atoms with Crippen LogP contribution in [0.5, 0.6) is 0 Å². The van der Waals surface area contributed by atoms with Gasteiger partial charge in [-0.05, 0) is 49.9 Å². The first-order valence-corrected chi connectivity index (χ1v) is 6.07. The van der Waals surface area contributed by atoms with E-state index in [0.29, 0.717) is 6.04 Å². The second kappa shape index (κ2) is 5.97. The molecular formula is C13H20N2O. The van der Waals surface area contributed by atoms with E-state index in [2.05, 4.69) is 29.4 Å². The SMILES string of the molecule is C[C@@H](NCC1CCOCC1)c1ccncc1. The van der Waals surface area contributed by atoms with Gasteiger partial charge in [-0.15, -0.1) is 0 Å². The van der Waals surface area contributed by atoms with E-state index >= 15 is 0 Å². The van der Waals surface area contributed by atoms with Gasteiger partial charge < -0.3 is 10.1 Å². The second-order valence-corrected chi connectivity index (χ2v) is 4.47. The fourth-order valence-corrected chi connectivity index (χ4v) is 2.06. The van der Waals surface area contributed by atoms with Crippen molar-refractivity contribution in [2.24, 2.45) is 5.92 Å². The summed E-state index contributed by atoms with van der Waals surface area (Å²) >= 11 is 0. The summed E-state index contributed by atoms with van der Waals surface area (Å²) in [4.78, 5) is 4.03. The van der Waals surface area contributed by atoms with Crippen molar-refractivity contribution in [1.29, 1.82) is 0 Å². The summed E-state index contributed by atoms with van der Waals surface area (Å²) in [7, 11) is 0. The molecule has 16 heavy (non-hydrogen) atoms. The number of ether oxygens (including phenoxy) is 1. The summed E-state index contributed by atoms with van der Waals surface area (Å²) in [6.45, 7) is 5.15. The smallest absolute Gasteiger partial charge is 0.0469 e. The lowest BCUT2D eigenvalue weighted by Crippen LogP contribution is -2.29. The molecule has 3 heteroatoms. The highest BCUT2D eigenvalue weighted by molar-refractivity contribution is 5.13. The monoisotopic (exact) mass is 220 g/mol. The third-order valence-electron chi connectivity index (χ3n) is 3.26. The molecule has 0 radical (unpaired) electrons. The van der Waals surface area contributed by atoms with Crippen LogP contribution in [0.3, 0.4) is 0 Å². The van der Waals surface area contributed by atoms with Gasteiger partial charge in [-0.3, -0.25) is 4.98 Å². The van der Waals surface area contributed by atoms with Crippen LogP contribution in [0.25, 0.3) is 0 Å². The molecule has 0 saturated carbocycles. The minimum atomic E-state index is 0.408. The van der Waals surface area contributed by atoms with Gasteiger partial charge >= 0.3 is 0 Å². The Morgan fingerprint density at radius 3 is 2.75 bits per heavy atom. The van der Waals surface area contributed by atoms with Crippen molar-refractivity contribution >= 4 is 0 Å². The van der Waals surface area contributed by atoms with Gasteiger partial charge in [0.15, 0.2) is 0 Å². The van der Waals surface area contributed by atoms with Crippen molar-refractivity contribution in [2.45, 2.75) is 25.8 Å². The number of hydrogen-bond donors (Lipinski definition) is 1. The Morgan fingerprint density at radius 1 is 1.38 bits per heavy atom. The minimum absolute atomic E-state index is 0.408. The maximum atomic E-state index is 5.36. The molecule has 1 aliphatic rings. The predicted molar refractivity (Wildman–Crippen MR) is 64.2 cm³/mol. The summed E-state index contributed by atoms with van der Waals surface area (Å²) < 4.78 is 5.36. The van der Waals surface area contributed by atoms with E-state index in [-0.39, 0.29) is 0 Å². The van der Waals surface area contributed by atoms with Crippen LogP contribution in [0.2, 0.25) is 0 Å². The quantitative estimate of drug-likeness (QED) is 0.844. The van der Waals surface area contributed by atoms with Crippen molar-refractivity contribution in [3.05, 3.63) is 30.1 Å². The van der Waals surface area contributed by atoms with Gasteiger partial charge in [0.2, 0.25) is 0 Å². The van der Waals surface area contributed by atoms with Crippen LogP contribution in [0.1, 0.15) is 31.4 Å². The van der Waals surface area contributed by atoms with E-state index in [0.717, 1.165) is 25.7 Å². The van der Waals surface area contributed by atoms with Gasteiger partial charge in [-0.2, -0.15) is 0 Å². The topological polar surface area (TPSA) is 34.1 Å². The Bertz CT molecular complexity index is 296. The molecule has 0 aliphatic carbocycles. The molecule has 2 rings (SSSR count). The van der Waals surface area contributed by atoms with Crippen LogP contribution in [-0.4, -0.2) is 24.7 Å². The van der Waals surface area contributed by atoms with Gasteiger partial charge in [-0.1, -0.05) is 0 Å². The summed E-state index contributed by atoms with van der Waals surface area (Å²) in [6, 6.07) is 4.55. The number of pyridine rings is 1. The third kappa shape index (κ3) is 3.29. The van der Waals surface area contributed by atoms with Crippen molar-refractivity contribution in [2.75, 3.05) is 19.8 Å². The van der Waals surface area contributed by atoms with E-state index in [1.807, 2.05) is 12.4 Å². The molecule has 0 spiro atoms. The average molecular weight is 220 g/mol. The number of nitrogens with zero attached hydrogens (tertiary/aromatic N) is 1. The fraction of sp³-hybridized carbons (Fsp3) is 0.615. The first kappa shape index (κ1) is 11.6. The summed E-state index contributed by atoms with van der Waals surface area (Å²) in [5.41, 5.74) is 1.31. The number of aromatic nitrogens is 1. The maximum absolute atomic E-state index is 5.36. The lowest BCUT2D eigenvalue weighted by atomic mass is 9.99. The molecule has 0 aromatic carbocycles. The number of nitrogens with one attached hydrogen (secondary N) is 1. The Kier molecular flexibility index (Phi) is 4.31. The average Bonchev–Trinajstić information content (AvgIpc) is 2.38. The van der Waals surface area contributed by atoms with Crippen LogP contribution in [0.4, 0.5) is 0 Å². The lowest BCUT2D eigenvalue weighted by molar-refractivity contribution is 0.0656. The van der Waals surface area contributed by atoms with Gasteiger partial charge in [0.25, 0.3) is 0 Å². The molecule has 3 nitrogen and oxygen atoms in total. The highest BCUT2D eigenvalue weighted by Gasteiger charge is 2.14. The third-order valence-corrected chi connectivity index (χ3v) is 3.26. The predicted octanol–water partition coefficient (Wildman–Crippen LogP) is 2.16. The number of hydrogen-bond acceptors (Lipinski definition) is 3. The van der Waals surface area contributed by atoms with E-state index in [1.54, 1.807) is 0 Å². The summed E-state index contributed by atoms with van der Waals surface area (Å²) in [6.07, 6.45) is 6.08. The fourth-order valence-electron chi connectivity index (χ4n) is 2.06. The molecule has 2 heterocycles. The Labute approximate surface area is 97.2 Å². The van der Waals surface area contributed by atoms with Gasteiger partial charge in [0.1, 0.15) is 0 Å². The van der Waals surface area contributed by atoms with Crippen LogP contribution >= 0.6 is 0 Å². The largest absolute Gasteiger partial charge is 0.381 e. The summed E-state index contributed by atoms with van der Waals surface area (Å²) in [5, 5.41) is 3.59. The Balaban J connectivity index is 1.77. The highest BCUT2D eigenvalue weighted by Crippen LogP contribution is 2.16. The van der Waals surface area contributed by atoms with Crippen LogP contribution < -0.4 is 5.32 Å². The normalized spacial score (nSPS) is 19.6. The number of rotatable bonds is 4. The van der Waals surface area contributed by atoms with Gasteiger partial charge in [-0.25, -0.2) is 0 Å².